The van der Waals surface area contributed by atoms with Crippen LogP contribution in [0.1, 0.15) is 52.9 Å². The molecular formula is C24H32O6. The van der Waals surface area contributed by atoms with E-state index in [1.54, 1.807) is 0 Å². The Morgan fingerprint density at radius 2 is 2.07 bits per heavy atom. The molecule has 6 heteroatoms. The van der Waals surface area contributed by atoms with Crippen LogP contribution in [0.15, 0.2) is 11.6 Å². The highest BCUT2D eigenvalue weighted by molar-refractivity contribution is 5.68. The van der Waals surface area contributed by atoms with Crippen molar-refractivity contribution in [1.29, 1.82) is 0 Å². The van der Waals surface area contributed by atoms with Crippen molar-refractivity contribution in [2.24, 2.45) is 23.7 Å². The molecular weight excluding hydrogens is 384 g/mol. The van der Waals surface area contributed by atoms with Crippen molar-refractivity contribution in [3.05, 3.63) is 11.6 Å². The lowest BCUT2D eigenvalue weighted by atomic mass is 9.90. The highest BCUT2D eigenvalue weighted by atomic mass is 16.5. The highest BCUT2D eigenvalue weighted by Crippen LogP contribution is 2.49. The Labute approximate surface area is 179 Å². The minimum absolute atomic E-state index is 0.0137. The van der Waals surface area contributed by atoms with Gasteiger partial charge in [-0.05, 0) is 31.1 Å². The Hall–Kier alpha value is -2.28. The molecule has 30 heavy (non-hydrogen) atoms. The molecule has 0 heterocycles. The molecule has 164 valence electrons. The number of hydrogen-bond acceptors (Lipinski definition) is 5. The average molecular weight is 417 g/mol. The number of aliphatic hydroxyl groups excluding tert-OH is 1. The summed E-state index contributed by atoms with van der Waals surface area (Å²) >= 11 is 0. The molecule has 2 fully saturated rings. The minimum Gasteiger partial charge on any atom is -0.480 e. The molecule has 0 amide bonds. The second kappa shape index (κ2) is 11.8. The lowest BCUT2D eigenvalue weighted by Gasteiger charge is -2.19. The molecule has 2 saturated carbocycles. The number of carbonyl (C=O) groups is 2. The standard InChI is InChI=1S/C24H32O6/c1-4-5-6-7-16(2)23(30-17(3)25)9-8-20-21-13-18(10-11-29-15-24(27)28)12-19(21)14-22(20)26/h10,16,19-23,26H,4,7,11-15H2,1-3H3,(H,27,28)/t16-,19-,20+,21-,22+,23+/m0/s1. The number of carboxylic acids is 1. The van der Waals surface area contributed by atoms with E-state index in [2.05, 4.69) is 23.7 Å². The van der Waals surface area contributed by atoms with Gasteiger partial charge in [0.15, 0.2) is 6.10 Å². The third-order valence-electron chi connectivity index (χ3n) is 5.69. The largest absolute Gasteiger partial charge is 0.480 e. The normalized spacial score (nSPS) is 27.9. The zero-order chi connectivity index (χ0) is 22.1. The van der Waals surface area contributed by atoms with E-state index < -0.39 is 18.2 Å². The number of carboxylic acid groups (broad SMARTS) is 1. The summed E-state index contributed by atoms with van der Waals surface area (Å²) in [6.45, 7) is 5.31. The quantitative estimate of drug-likeness (QED) is 0.287. The van der Waals surface area contributed by atoms with Gasteiger partial charge in [0.2, 0.25) is 0 Å². The summed E-state index contributed by atoms with van der Waals surface area (Å²) in [5.74, 6) is 11.5. The van der Waals surface area contributed by atoms with Crippen molar-refractivity contribution in [2.45, 2.75) is 65.1 Å². The lowest BCUT2D eigenvalue weighted by Crippen LogP contribution is -2.24. The SMILES string of the molecule is CCC#CC[C@H](C)[C@@H](C#C[C@@H]1[C@H]2CC(=CCOCC(=O)O)C[C@H]2C[C@H]1O)OC(C)=O. The molecule has 6 nitrogen and oxygen atoms in total. The molecule has 2 N–H and O–H groups in total. The van der Waals surface area contributed by atoms with Crippen LogP contribution < -0.4 is 0 Å². The molecule has 0 unspecified atom stereocenters. The number of hydrogen-bond donors (Lipinski definition) is 2. The van der Waals surface area contributed by atoms with E-state index in [4.69, 9.17) is 14.6 Å². The second-order valence-electron chi connectivity index (χ2n) is 8.14. The minimum atomic E-state index is -0.979. The molecule has 2 aliphatic carbocycles. The van der Waals surface area contributed by atoms with Gasteiger partial charge < -0.3 is 19.7 Å². The Balaban J connectivity index is 2.03. The average Bonchev–Trinajstić information content (AvgIpc) is 3.18. The van der Waals surface area contributed by atoms with E-state index in [1.165, 1.54) is 12.5 Å². The monoisotopic (exact) mass is 416 g/mol. The first-order valence-electron chi connectivity index (χ1n) is 10.6. The molecule has 6 atom stereocenters. The molecule has 2 aliphatic rings. The Morgan fingerprint density at radius 1 is 1.30 bits per heavy atom. The van der Waals surface area contributed by atoms with Gasteiger partial charge in [-0.1, -0.05) is 37.3 Å². The van der Waals surface area contributed by atoms with E-state index in [-0.39, 0.29) is 36.9 Å². The van der Waals surface area contributed by atoms with Crippen molar-refractivity contribution >= 4 is 11.9 Å². The summed E-state index contributed by atoms with van der Waals surface area (Å²) in [6, 6.07) is 0. The fraction of sp³-hybridized carbons (Fsp3) is 0.667. The summed E-state index contributed by atoms with van der Waals surface area (Å²) in [5, 5.41) is 19.2. The Bertz CT molecular complexity index is 762. The van der Waals surface area contributed by atoms with Crippen LogP contribution in [0.25, 0.3) is 0 Å². The third kappa shape index (κ3) is 7.20. The van der Waals surface area contributed by atoms with Gasteiger partial charge in [-0.15, -0.1) is 11.8 Å². The van der Waals surface area contributed by atoms with Gasteiger partial charge in [-0.2, -0.15) is 0 Å². The van der Waals surface area contributed by atoms with Crippen LogP contribution in [0.3, 0.4) is 0 Å². The molecule has 0 spiro atoms. The van der Waals surface area contributed by atoms with Crippen molar-refractivity contribution in [2.75, 3.05) is 13.2 Å². The van der Waals surface area contributed by atoms with Gasteiger partial charge in [0.25, 0.3) is 0 Å². The van der Waals surface area contributed by atoms with Crippen LogP contribution in [-0.2, 0) is 19.1 Å². The molecule has 0 saturated heterocycles. The summed E-state index contributed by atoms with van der Waals surface area (Å²) < 4.78 is 10.5. The van der Waals surface area contributed by atoms with Crippen molar-refractivity contribution in [3.8, 4) is 23.7 Å². The maximum absolute atomic E-state index is 11.5. The van der Waals surface area contributed by atoms with Crippen LogP contribution in [0.5, 0.6) is 0 Å². The summed E-state index contributed by atoms with van der Waals surface area (Å²) in [5.41, 5.74) is 1.23. The molecule has 0 bridgehead atoms. The first kappa shape index (κ1) is 24.0. The van der Waals surface area contributed by atoms with Gasteiger partial charge in [0.1, 0.15) is 6.61 Å². The van der Waals surface area contributed by atoms with Gasteiger partial charge >= 0.3 is 11.9 Å². The number of ether oxygens (including phenoxy) is 2. The van der Waals surface area contributed by atoms with Gasteiger partial charge in [0, 0.05) is 31.6 Å². The molecule has 0 aromatic carbocycles. The smallest absolute Gasteiger partial charge is 0.329 e. The van der Waals surface area contributed by atoms with E-state index in [0.29, 0.717) is 18.8 Å². The van der Waals surface area contributed by atoms with Crippen molar-refractivity contribution in [3.63, 3.8) is 0 Å². The number of carbonyl (C=O) groups excluding carboxylic acids is 1. The van der Waals surface area contributed by atoms with E-state index in [9.17, 15) is 14.7 Å². The summed E-state index contributed by atoms with van der Waals surface area (Å²) in [6.07, 6.45) is 4.72. The van der Waals surface area contributed by atoms with Crippen LogP contribution in [-0.4, -0.2) is 47.6 Å². The molecule has 0 radical (unpaired) electrons. The second-order valence-corrected chi connectivity index (χ2v) is 8.14. The molecule has 0 aromatic heterocycles. The number of aliphatic carboxylic acids is 1. The third-order valence-corrected chi connectivity index (χ3v) is 5.69. The first-order chi connectivity index (χ1) is 14.3. The topological polar surface area (TPSA) is 93.1 Å². The predicted octanol–water partition coefficient (Wildman–Crippen LogP) is 2.80. The van der Waals surface area contributed by atoms with Crippen LogP contribution in [0, 0.1) is 47.4 Å². The Kier molecular flexibility index (Phi) is 9.43. The fourth-order valence-electron chi connectivity index (χ4n) is 4.26. The predicted molar refractivity (Wildman–Crippen MR) is 112 cm³/mol. The lowest BCUT2D eigenvalue weighted by molar-refractivity contribution is -0.145. The van der Waals surface area contributed by atoms with E-state index in [0.717, 1.165) is 19.3 Å². The maximum atomic E-state index is 11.5. The van der Waals surface area contributed by atoms with Crippen LogP contribution in [0.2, 0.25) is 0 Å². The first-order valence-corrected chi connectivity index (χ1v) is 10.6. The molecule has 2 rings (SSSR count). The van der Waals surface area contributed by atoms with Crippen LogP contribution >= 0.6 is 0 Å². The number of aliphatic hydroxyl groups is 1. The summed E-state index contributed by atoms with van der Waals surface area (Å²) in [7, 11) is 0. The van der Waals surface area contributed by atoms with Gasteiger partial charge in [0.05, 0.1) is 12.7 Å². The van der Waals surface area contributed by atoms with Crippen LogP contribution in [0.4, 0.5) is 0 Å². The molecule has 0 aliphatic heterocycles. The number of esters is 1. The number of fused-ring (bicyclic) bond motifs is 1. The zero-order valence-electron chi connectivity index (χ0n) is 18.0. The van der Waals surface area contributed by atoms with Crippen molar-refractivity contribution < 1.29 is 29.3 Å². The summed E-state index contributed by atoms with van der Waals surface area (Å²) in [4.78, 5) is 22.0. The van der Waals surface area contributed by atoms with Gasteiger partial charge in [-0.3, -0.25) is 4.79 Å². The van der Waals surface area contributed by atoms with Crippen molar-refractivity contribution in [1.82, 2.24) is 0 Å². The molecule has 0 aromatic rings. The number of rotatable bonds is 7. The van der Waals surface area contributed by atoms with E-state index in [1.807, 2.05) is 19.9 Å². The van der Waals surface area contributed by atoms with E-state index >= 15 is 0 Å². The van der Waals surface area contributed by atoms with Gasteiger partial charge in [-0.25, -0.2) is 4.79 Å². The zero-order valence-corrected chi connectivity index (χ0v) is 18.0. The fourth-order valence-corrected chi connectivity index (χ4v) is 4.26. The Morgan fingerprint density at radius 3 is 2.73 bits per heavy atom. The maximum Gasteiger partial charge on any atom is 0.329 e. The highest BCUT2D eigenvalue weighted by Gasteiger charge is 2.45. The number of allylic oxidation sites excluding steroid dienone is 1.